The fraction of sp³-hybridized carbons (Fsp3) is 0.0169. The number of fused-ring (bicyclic) bond motifs is 7. The van der Waals surface area contributed by atoms with Crippen LogP contribution >= 0.6 is 11.3 Å². The first-order valence-corrected chi connectivity index (χ1v) is 21.8. The number of hydrogen-bond donors (Lipinski definition) is 0. The third-order valence-electron chi connectivity index (χ3n) is 12.7. The number of benzene rings is 10. The molecule has 0 saturated heterocycles. The van der Waals surface area contributed by atoms with Crippen molar-refractivity contribution >= 4 is 59.3 Å². The van der Waals surface area contributed by atoms with Gasteiger partial charge in [-0.3, -0.25) is 0 Å². The molecule has 1 aliphatic rings. The number of anilines is 3. The summed E-state index contributed by atoms with van der Waals surface area (Å²) in [4.78, 5) is 2.45. The molecule has 61 heavy (non-hydrogen) atoms. The molecule has 1 aliphatic carbocycles. The highest BCUT2D eigenvalue weighted by Gasteiger charge is 2.46. The van der Waals surface area contributed by atoms with Gasteiger partial charge in [-0.15, -0.1) is 11.3 Å². The minimum absolute atomic E-state index is 0.507. The third-order valence-corrected chi connectivity index (χ3v) is 13.9. The van der Waals surface area contributed by atoms with E-state index in [0.717, 1.165) is 17.1 Å². The van der Waals surface area contributed by atoms with E-state index in [4.69, 9.17) is 0 Å². The second-order valence-corrected chi connectivity index (χ2v) is 17.1. The smallest absolute Gasteiger partial charge is 0.0714 e. The van der Waals surface area contributed by atoms with E-state index in [0.29, 0.717) is 0 Å². The van der Waals surface area contributed by atoms with E-state index in [9.17, 15) is 0 Å². The van der Waals surface area contributed by atoms with E-state index < -0.39 is 5.41 Å². The molecule has 12 rings (SSSR count). The zero-order valence-corrected chi connectivity index (χ0v) is 34.2. The maximum atomic E-state index is 2.46. The van der Waals surface area contributed by atoms with Crippen molar-refractivity contribution < 1.29 is 0 Å². The van der Waals surface area contributed by atoms with Crippen molar-refractivity contribution in [2.75, 3.05) is 4.90 Å². The normalized spacial score (nSPS) is 12.7. The quantitative estimate of drug-likeness (QED) is 0.155. The van der Waals surface area contributed by atoms with Crippen LogP contribution in [-0.4, -0.2) is 0 Å². The van der Waals surface area contributed by atoms with Crippen molar-refractivity contribution in [1.82, 2.24) is 0 Å². The highest BCUT2D eigenvalue weighted by molar-refractivity contribution is 7.25. The average Bonchev–Trinajstić information content (AvgIpc) is 3.86. The van der Waals surface area contributed by atoms with Crippen molar-refractivity contribution in [3.05, 3.63) is 259 Å². The molecule has 0 radical (unpaired) electrons. The van der Waals surface area contributed by atoms with Gasteiger partial charge in [0.15, 0.2) is 0 Å². The Morgan fingerprint density at radius 1 is 0.328 bits per heavy atom. The Kier molecular flexibility index (Phi) is 8.33. The topological polar surface area (TPSA) is 3.24 Å². The number of nitrogens with zero attached hydrogens (tertiary/aromatic N) is 1. The van der Waals surface area contributed by atoms with Gasteiger partial charge in [0, 0.05) is 37.2 Å². The molecule has 0 saturated carbocycles. The van der Waals surface area contributed by atoms with Gasteiger partial charge in [-0.2, -0.15) is 0 Å². The maximum absolute atomic E-state index is 2.46. The van der Waals surface area contributed by atoms with E-state index in [2.05, 4.69) is 241 Å². The van der Waals surface area contributed by atoms with E-state index in [1.807, 2.05) is 11.3 Å². The van der Waals surface area contributed by atoms with Crippen LogP contribution in [0.15, 0.2) is 237 Å². The summed E-state index contributed by atoms with van der Waals surface area (Å²) in [6.07, 6.45) is 0. The van der Waals surface area contributed by atoms with Gasteiger partial charge in [-0.25, -0.2) is 0 Å². The van der Waals surface area contributed by atoms with Crippen molar-refractivity contribution in [1.29, 1.82) is 0 Å². The number of hydrogen-bond acceptors (Lipinski definition) is 2. The second-order valence-electron chi connectivity index (χ2n) is 16.0. The Morgan fingerprint density at radius 3 is 1.72 bits per heavy atom. The summed E-state index contributed by atoms with van der Waals surface area (Å²) >= 11 is 1.87. The fourth-order valence-corrected chi connectivity index (χ4v) is 11.2. The molecule has 2 heteroatoms. The van der Waals surface area contributed by atoms with Crippen LogP contribution in [-0.2, 0) is 5.41 Å². The van der Waals surface area contributed by atoms with Crippen LogP contribution in [0.25, 0.3) is 64.3 Å². The Morgan fingerprint density at radius 2 is 0.902 bits per heavy atom. The van der Waals surface area contributed by atoms with Gasteiger partial charge in [0.2, 0.25) is 0 Å². The molecule has 286 valence electrons. The molecule has 1 heterocycles. The molecule has 0 fully saturated rings. The van der Waals surface area contributed by atoms with Gasteiger partial charge in [0.25, 0.3) is 0 Å². The van der Waals surface area contributed by atoms with Gasteiger partial charge in [0.05, 0.1) is 5.41 Å². The first-order chi connectivity index (χ1) is 30.3. The Balaban J connectivity index is 1.08. The zero-order valence-electron chi connectivity index (χ0n) is 33.4. The highest BCUT2D eigenvalue weighted by atomic mass is 32.1. The average molecular weight is 794 g/mol. The van der Waals surface area contributed by atoms with Crippen LogP contribution in [0, 0.1) is 0 Å². The Hall–Kier alpha value is -7.52. The van der Waals surface area contributed by atoms with Crippen LogP contribution in [0.1, 0.15) is 22.3 Å². The fourth-order valence-electron chi connectivity index (χ4n) is 10.1. The summed E-state index contributed by atoms with van der Waals surface area (Å²) in [5.74, 6) is 0. The van der Waals surface area contributed by atoms with E-state index >= 15 is 0 Å². The van der Waals surface area contributed by atoms with Crippen LogP contribution in [0.5, 0.6) is 0 Å². The van der Waals surface area contributed by atoms with Crippen molar-refractivity contribution in [3.63, 3.8) is 0 Å². The molecule has 1 aromatic heterocycles. The van der Waals surface area contributed by atoms with Crippen LogP contribution < -0.4 is 4.90 Å². The standard InChI is InChI=1S/C59H39NS/c1-3-19-43(20-4-1)59(44-21-5-2-6-22-44)54-29-11-9-25-51(54)52-37-36-47(39-55(52)59)60(46-23-13-18-42(38-46)49-27-14-17-40-16-7-8-24-48(40)49)45-34-32-41(33-35-45)50-28-15-31-57-58(50)53-26-10-12-30-56(53)61-57/h1-39H. The molecule has 0 atom stereocenters. The van der Waals surface area contributed by atoms with E-state index in [1.54, 1.807) is 0 Å². The summed E-state index contributed by atoms with van der Waals surface area (Å²) in [5, 5.41) is 5.13. The maximum Gasteiger partial charge on any atom is 0.0714 e. The summed E-state index contributed by atoms with van der Waals surface area (Å²) in [7, 11) is 0. The van der Waals surface area contributed by atoms with Crippen molar-refractivity contribution in [2.24, 2.45) is 0 Å². The molecule has 0 aliphatic heterocycles. The first-order valence-electron chi connectivity index (χ1n) is 21.0. The molecule has 11 aromatic rings. The lowest BCUT2D eigenvalue weighted by Gasteiger charge is -2.35. The first kappa shape index (κ1) is 35.4. The summed E-state index contributed by atoms with van der Waals surface area (Å²) in [6.45, 7) is 0. The van der Waals surface area contributed by atoms with Gasteiger partial charge >= 0.3 is 0 Å². The Labute approximate surface area is 360 Å². The predicted octanol–water partition coefficient (Wildman–Crippen LogP) is 16.4. The van der Waals surface area contributed by atoms with Gasteiger partial charge in [0.1, 0.15) is 0 Å². The Bertz CT molecular complexity index is 3370. The third kappa shape index (κ3) is 5.60. The van der Waals surface area contributed by atoms with Crippen molar-refractivity contribution in [2.45, 2.75) is 5.41 Å². The van der Waals surface area contributed by atoms with E-state index in [1.165, 1.54) is 86.6 Å². The molecular weight excluding hydrogens is 755 g/mol. The highest BCUT2D eigenvalue weighted by Crippen LogP contribution is 2.57. The van der Waals surface area contributed by atoms with Crippen molar-refractivity contribution in [3.8, 4) is 33.4 Å². The molecular formula is C59H39NS. The minimum Gasteiger partial charge on any atom is -0.310 e. The van der Waals surface area contributed by atoms with E-state index in [-0.39, 0.29) is 0 Å². The lowest BCUT2D eigenvalue weighted by atomic mass is 9.67. The van der Waals surface area contributed by atoms with Crippen LogP contribution in [0.4, 0.5) is 17.1 Å². The lowest BCUT2D eigenvalue weighted by molar-refractivity contribution is 0.768. The number of thiophene rings is 1. The summed E-state index contributed by atoms with van der Waals surface area (Å²) < 4.78 is 2.63. The van der Waals surface area contributed by atoms with Gasteiger partial charge in [-0.1, -0.05) is 188 Å². The van der Waals surface area contributed by atoms with Gasteiger partial charge < -0.3 is 4.90 Å². The number of rotatable bonds is 7. The monoisotopic (exact) mass is 793 g/mol. The molecule has 0 amide bonds. The zero-order chi connectivity index (χ0) is 40.3. The van der Waals surface area contributed by atoms with Crippen LogP contribution in [0.3, 0.4) is 0 Å². The van der Waals surface area contributed by atoms with Crippen LogP contribution in [0.2, 0.25) is 0 Å². The summed E-state index contributed by atoms with van der Waals surface area (Å²) in [6, 6.07) is 87.3. The summed E-state index contributed by atoms with van der Waals surface area (Å²) in [5.41, 5.74) is 15.3. The molecule has 10 aromatic carbocycles. The predicted molar refractivity (Wildman–Crippen MR) is 260 cm³/mol. The second kappa shape index (κ2) is 14.3. The SMILES string of the molecule is c1ccc(C2(c3ccccc3)c3ccccc3-c3ccc(N(c4ccc(-c5cccc6sc7ccccc7c56)cc4)c4cccc(-c5cccc6ccccc56)c4)cc32)cc1. The molecule has 0 unspecified atom stereocenters. The van der Waals surface area contributed by atoms with Gasteiger partial charge in [-0.05, 0) is 115 Å². The minimum atomic E-state index is -0.507. The largest absolute Gasteiger partial charge is 0.310 e. The molecule has 1 nitrogen and oxygen atoms in total. The lowest BCUT2D eigenvalue weighted by Crippen LogP contribution is -2.28. The molecule has 0 N–H and O–H groups in total. The molecule has 0 bridgehead atoms. The molecule has 0 spiro atoms.